The Balaban J connectivity index is 1.88. The predicted molar refractivity (Wildman–Crippen MR) is 81.6 cm³/mol. The van der Waals surface area contributed by atoms with Crippen molar-refractivity contribution in [3.8, 4) is 0 Å². The van der Waals surface area contributed by atoms with Crippen molar-refractivity contribution < 1.29 is 5.11 Å². The third-order valence-corrected chi connectivity index (χ3v) is 4.40. The molecule has 2 heterocycles. The lowest BCUT2D eigenvalue weighted by Gasteiger charge is -2.23. The number of anilines is 1. The molecule has 0 saturated carbocycles. The monoisotopic (exact) mass is 280 g/mol. The fourth-order valence-electron chi connectivity index (χ4n) is 2.95. The van der Waals surface area contributed by atoms with Crippen molar-refractivity contribution in [3.05, 3.63) is 11.4 Å². The van der Waals surface area contributed by atoms with Crippen LogP contribution in [-0.4, -0.2) is 45.5 Å². The van der Waals surface area contributed by atoms with Gasteiger partial charge in [0.25, 0.3) is 0 Å². The lowest BCUT2D eigenvalue weighted by atomic mass is 10.0. The van der Waals surface area contributed by atoms with Crippen LogP contribution in [0.5, 0.6) is 0 Å². The van der Waals surface area contributed by atoms with Crippen LogP contribution in [0, 0.1) is 19.8 Å². The van der Waals surface area contributed by atoms with E-state index in [0.29, 0.717) is 6.54 Å². The summed E-state index contributed by atoms with van der Waals surface area (Å²) < 4.78 is 1.83. The van der Waals surface area contributed by atoms with E-state index < -0.39 is 0 Å². The van der Waals surface area contributed by atoms with Gasteiger partial charge in [0.15, 0.2) is 0 Å². The van der Waals surface area contributed by atoms with Crippen molar-refractivity contribution in [2.45, 2.75) is 52.7 Å². The highest BCUT2D eigenvalue weighted by molar-refractivity contribution is 5.46. The molecule has 1 aromatic rings. The van der Waals surface area contributed by atoms with Crippen molar-refractivity contribution in [2.24, 2.45) is 5.92 Å². The highest BCUT2D eigenvalue weighted by Crippen LogP contribution is 2.18. The van der Waals surface area contributed by atoms with E-state index in [2.05, 4.69) is 16.9 Å². The van der Waals surface area contributed by atoms with E-state index in [1.54, 1.807) is 0 Å². The summed E-state index contributed by atoms with van der Waals surface area (Å²) in [6, 6.07) is 0. The molecule has 0 amide bonds. The molecule has 5 heteroatoms. The summed E-state index contributed by atoms with van der Waals surface area (Å²) >= 11 is 0. The first-order valence-electron chi connectivity index (χ1n) is 7.67. The standard InChI is InChI=1S/C15H28N4O/c1-11-5-4-7-18(8-6-11)9-14(20)10-19-13(3)15(16)12(2)17-19/h11,14,20H,4-10,16H2,1-3H3. The molecular formula is C15H28N4O. The average Bonchev–Trinajstić information content (AvgIpc) is 2.58. The van der Waals surface area contributed by atoms with Crippen LogP contribution in [0.15, 0.2) is 0 Å². The van der Waals surface area contributed by atoms with Crippen molar-refractivity contribution >= 4 is 5.69 Å². The summed E-state index contributed by atoms with van der Waals surface area (Å²) in [6.45, 7) is 9.62. The Bertz CT molecular complexity index is 443. The molecule has 0 aliphatic carbocycles. The van der Waals surface area contributed by atoms with E-state index in [1.807, 2.05) is 18.5 Å². The van der Waals surface area contributed by atoms with Crippen LogP contribution in [0.2, 0.25) is 0 Å². The highest BCUT2D eigenvalue weighted by atomic mass is 16.3. The van der Waals surface area contributed by atoms with Crippen LogP contribution in [0.4, 0.5) is 5.69 Å². The fraction of sp³-hybridized carbons (Fsp3) is 0.800. The second-order valence-electron chi connectivity index (χ2n) is 6.26. The first kappa shape index (κ1) is 15.3. The molecule has 2 rings (SSSR count). The van der Waals surface area contributed by atoms with Gasteiger partial charge in [0.05, 0.1) is 29.7 Å². The number of hydrogen-bond donors (Lipinski definition) is 2. The summed E-state index contributed by atoms with van der Waals surface area (Å²) in [4.78, 5) is 2.38. The van der Waals surface area contributed by atoms with Gasteiger partial charge in [-0.3, -0.25) is 4.68 Å². The number of aryl methyl sites for hydroxylation is 1. The van der Waals surface area contributed by atoms with E-state index in [1.165, 1.54) is 19.3 Å². The largest absolute Gasteiger partial charge is 0.396 e. The number of aliphatic hydroxyl groups is 1. The number of aromatic nitrogens is 2. The topological polar surface area (TPSA) is 67.3 Å². The summed E-state index contributed by atoms with van der Waals surface area (Å²) in [5.41, 5.74) is 8.46. The van der Waals surface area contributed by atoms with Gasteiger partial charge in [0, 0.05) is 6.54 Å². The fourth-order valence-corrected chi connectivity index (χ4v) is 2.95. The van der Waals surface area contributed by atoms with Crippen LogP contribution in [0.1, 0.15) is 37.6 Å². The number of nitrogens with zero attached hydrogens (tertiary/aromatic N) is 3. The maximum absolute atomic E-state index is 10.3. The SMILES string of the molecule is Cc1nn(CC(O)CN2CCCC(C)CC2)c(C)c1N. The smallest absolute Gasteiger partial charge is 0.0862 e. The number of nitrogen functional groups attached to an aromatic ring is 1. The van der Waals surface area contributed by atoms with Gasteiger partial charge in [-0.1, -0.05) is 6.92 Å². The Hall–Kier alpha value is -1.07. The number of rotatable bonds is 4. The van der Waals surface area contributed by atoms with Gasteiger partial charge in [-0.05, 0) is 52.1 Å². The molecule has 2 unspecified atom stereocenters. The number of aliphatic hydroxyl groups excluding tert-OH is 1. The number of nitrogens with two attached hydrogens (primary N) is 1. The van der Waals surface area contributed by atoms with Crippen LogP contribution < -0.4 is 5.73 Å². The minimum absolute atomic E-state index is 0.388. The number of hydrogen-bond acceptors (Lipinski definition) is 4. The van der Waals surface area contributed by atoms with Crippen LogP contribution in [-0.2, 0) is 6.54 Å². The summed E-state index contributed by atoms with van der Waals surface area (Å²) in [5.74, 6) is 0.813. The number of likely N-dealkylation sites (tertiary alicyclic amines) is 1. The molecule has 1 aliphatic rings. The normalized spacial score (nSPS) is 22.7. The molecule has 1 aliphatic heterocycles. The van der Waals surface area contributed by atoms with E-state index >= 15 is 0 Å². The van der Waals surface area contributed by atoms with Gasteiger partial charge < -0.3 is 15.7 Å². The van der Waals surface area contributed by atoms with E-state index in [4.69, 9.17) is 5.73 Å². The summed E-state index contributed by atoms with van der Waals surface area (Å²) in [5, 5.41) is 14.7. The Morgan fingerprint density at radius 1 is 1.30 bits per heavy atom. The van der Waals surface area contributed by atoms with Crippen molar-refractivity contribution in [1.29, 1.82) is 0 Å². The van der Waals surface area contributed by atoms with E-state index in [9.17, 15) is 5.11 Å². The number of β-amino-alcohol motifs (C(OH)–C–C–N with tert-alkyl or cyclic N) is 1. The Morgan fingerprint density at radius 3 is 2.70 bits per heavy atom. The maximum atomic E-state index is 10.3. The molecule has 1 aromatic heterocycles. The van der Waals surface area contributed by atoms with Gasteiger partial charge in [-0.25, -0.2) is 0 Å². The van der Waals surface area contributed by atoms with E-state index in [-0.39, 0.29) is 6.10 Å². The predicted octanol–water partition coefficient (Wildman–Crippen LogP) is 1.57. The second-order valence-corrected chi connectivity index (χ2v) is 6.26. The molecule has 5 nitrogen and oxygen atoms in total. The van der Waals surface area contributed by atoms with Gasteiger partial charge in [0.1, 0.15) is 0 Å². The molecule has 114 valence electrons. The summed E-state index contributed by atoms with van der Waals surface area (Å²) in [6.07, 6.45) is 3.39. The molecule has 0 aromatic carbocycles. The van der Waals surface area contributed by atoms with Crippen LogP contribution in [0.25, 0.3) is 0 Å². The highest BCUT2D eigenvalue weighted by Gasteiger charge is 2.18. The third kappa shape index (κ3) is 3.73. The molecule has 20 heavy (non-hydrogen) atoms. The van der Waals surface area contributed by atoms with Gasteiger partial charge in [-0.15, -0.1) is 0 Å². The molecule has 0 spiro atoms. The molecule has 1 saturated heterocycles. The second kappa shape index (κ2) is 6.59. The van der Waals surface area contributed by atoms with Gasteiger partial charge in [-0.2, -0.15) is 5.10 Å². The summed E-state index contributed by atoms with van der Waals surface area (Å²) in [7, 11) is 0. The molecule has 3 N–H and O–H groups in total. The van der Waals surface area contributed by atoms with Crippen LogP contribution in [0.3, 0.4) is 0 Å². The van der Waals surface area contributed by atoms with Crippen molar-refractivity contribution in [3.63, 3.8) is 0 Å². The van der Waals surface area contributed by atoms with Crippen LogP contribution >= 0.6 is 0 Å². The minimum Gasteiger partial charge on any atom is -0.396 e. The zero-order valence-electron chi connectivity index (χ0n) is 13.0. The van der Waals surface area contributed by atoms with Gasteiger partial charge >= 0.3 is 0 Å². The quantitative estimate of drug-likeness (QED) is 0.878. The van der Waals surface area contributed by atoms with Crippen molar-refractivity contribution in [2.75, 3.05) is 25.4 Å². The zero-order chi connectivity index (χ0) is 14.7. The minimum atomic E-state index is -0.388. The molecule has 2 atom stereocenters. The Kier molecular flexibility index (Phi) is 5.05. The average molecular weight is 280 g/mol. The Morgan fingerprint density at radius 2 is 2.05 bits per heavy atom. The van der Waals surface area contributed by atoms with Crippen molar-refractivity contribution in [1.82, 2.24) is 14.7 Å². The molecule has 1 fully saturated rings. The Labute approximate surface area is 121 Å². The van der Waals surface area contributed by atoms with Gasteiger partial charge in [0.2, 0.25) is 0 Å². The first-order valence-corrected chi connectivity index (χ1v) is 7.67. The van der Waals surface area contributed by atoms with E-state index in [0.717, 1.165) is 42.6 Å². The lowest BCUT2D eigenvalue weighted by molar-refractivity contribution is 0.0954. The zero-order valence-corrected chi connectivity index (χ0v) is 13.0. The third-order valence-electron chi connectivity index (χ3n) is 4.40. The first-order chi connectivity index (χ1) is 9.47. The maximum Gasteiger partial charge on any atom is 0.0862 e. The molecule has 0 bridgehead atoms. The molecular weight excluding hydrogens is 252 g/mol. The molecule has 0 radical (unpaired) electrons. The lowest BCUT2D eigenvalue weighted by Crippen LogP contribution is -2.35.